The van der Waals surface area contributed by atoms with E-state index in [2.05, 4.69) is 26.0 Å². The molecule has 1 fully saturated rings. The Morgan fingerprint density at radius 1 is 1.29 bits per heavy atom. The van der Waals surface area contributed by atoms with E-state index in [1.54, 1.807) is 0 Å². The van der Waals surface area contributed by atoms with Crippen LogP contribution in [0.2, 0.25) is 0 Å². The van der Waals surface area contributed by atoms with Gasteiger partial charge in [0.25, 0.3) is 0 Å². The zero-order valence-electron chi connectivity index (χ0n) is 9.60. The number of hydrogen-bond donors (Lipinski definition) is 1. The lowest BCUT2D eigenvalue weighted by Gasteiger charge is -2.20. The monoisotopic (exact) mass is 301 g/mol. The molecule has 94 valence electrons. The van der Waals surface area contributed by atoms with Gasteiger partial charge in [-0.05, 0) is 28.8 Å². The molecule has 0 unspecified atom stereocenters. The van der Waals surface area contributed by atoms with Crippen LogP contribution in [0.1, 0.15) is 25.7 Å². The van der Waals surface area contributed by atoms with E-state index in [9.17, 15) is 4.79 Å². The minimum absolute atomic E-state index is 0.0810. The lowest BCUT2D eigenvalue weighted by Crippen LogP contribution is -2.34. The van der Waals surface area contributed by atoms with E-state index in [0.717, 1.165) is 25.9 Å². The molecular formula is C10H16BrN5O. The van der Waals surface area contributed by atoms with Crippen LogP contribution in [0.3, 0.4) is 0 Å². The molecule has 1 aliphatic heterocycles. The summed E-state index contributed by atoms with van der Waals surface area (Å²) >= 11 is 3.22. The topological polar surface area (TPSA) is 77.0 Å². The average molecular weight is 302 g/mol. The molecule has 0 bridgehead atoms. The van der Waals surface area contributed by atoms with E-state index in [0.29, 0.717) is 4.73 Å². The predicted molar refractivity (Wildman–Crippen MR) is 67.2 cm³/mol. The van der Waals surface area contributed by atoms with Crippen molar-refractivity contribution in [3.05, 3.63) is 4.73 Å². The Kier molecular flexibility index (Phi) is 3.98. The third kappa shape index (κ3) is 3.18. The van der Waals surface area contributed by atoms with Gasteiger partial charge in [0.15, 0.2) is 4.73 Å². The fourth-order valence-corrected chi connectivity index (χ4v) is 2.37. The number of aromatic nitrogens is 3. The third-order valence-electron chi connectivity index (χ3n) is 2.89. The molecule has 1 aliphatic rings. The Bertz CT molecular complexity index is 397. The fraction of sp³-hybridized carbons (Fsp3) is 0.700. The number of hydrogen-bond acceptors (Lipinski definition) is 4. The SMILES string of the molecule is Nc1nc(Br)n(CC(=O)N2CCCCCC2)n1. The predicted octanol–water partition coefficient (Wildman–Crippen LogP) is 1.03. The van der Waals surface area contributed by atoms with Crippen molar-refractivity contribution in [3.8, 4) is 0 Å². The zero-order valence-corrected chi connectivity index (χ0v) is 11.2. The molecule has 1 amide bonds. The van der Waals surface area contributed by atoms with Crippen LogP contribution < -0.4 is 5.73 Å². The van der Waals surface area contributed by atoms with Gasteiger partial charge in [-0.25, -0.2) is 4.68 Å². The fourth-order valence-electron chi connectivity index (χ4n) is 1.99. The highest BCUT2D eigenvalue weighted by Gasteiger charge is 2.17. The molecular weight excluding hydrogens is 286 g/mol. The van der Waals surface area contributed by atoms with Crippen LogP contribution in [-0.4, -0.2) is 38.7 Å². The van der Waals surface area contributed by atoms with Crippen molar-refractivity contribution < 1.29 is 4.79 Å². The molecule has 0 aliphatic carbocycles. The molecule has 2 N–H and O–H groups in total. The summed E-state index contributed by atoms with van der Waals surface area (Å²) in [4.78, 5) is 17.9. The maximum atomic E-state index is 12.1. The number of nitrogen functional groups attached to an aromatic ring is 1. The van der Waals surface area contributed by atoms with Crippen molar-refractivity contribution >= 4 is 27.8 Å². The van der Waals surface area contributed by atoms with Crippen molar-refractivity contribution in [2.75, 3.05) is 18.8 Å². The standard InChI is InChI=1S/C10H16BrN5O/c11-9-13-10(12)14-16(9)7-8(17)15-5-3-1-2-4-6-15/h1-7H2,(H2,12,14). The normalized spacial score (nSPS) is 16.9. The van der Waals surface area contributed by atoms with Gasteiger partial charge in [-0.3, -0.25) is 4.79 Å². The summed E-state index contributed by atoms with van der Waals surface area (Å²) in [5.41, 5.74) is 5.46. The molecule has 1 saturated heterocycles. The van der Waals surface area contributed by atoms with Gasteiger partial charge in [0, 0.05) is 13.1 Å². The highest BCUT2D eigenvalue weighted by Crippen LogP contribution is 2.12. The second kappa shape index (κ2) is 5.48. The van der Waals surface area contributed by atoms with Gasteiger partial charge in [-0.1, -0.05) is 12.8 Å². The number of likely N-dealkylation sites (tertiary alicyclic amines) is 1. The second-order valence-corrected chi connectivity index (χ2v) is 4.90. The summed E-state index contributed by atoms with van der Waals surface area (Å²) in [6, 6.07) is 0. The molecule has 7 heteroatoms. The van der Waals surface area contributed by atoms with Crippen molar-refractivity contribution in [3.63, 3.8) is 0 Å². The van der Waals surface area contributed by atoms with Crippen LogP contribution in [0.4, 0.5) is 5.95 Å². The number of nitrogens with zero attached hydrogens (tertiary/aromatic N) is 4. The summed E-state index contributed by atoms with van der Waals surface area (Å²) in [6.07, 6.45) is 4.60. The van der Waals surface area contributed by atoms with Crippen LogP contribution in [0, 0.1) is 0 Å². The number of carbonyl (C=O) groups excluding carboxylic acids is 1. The van der Waals surface area contributed by atoms with Crippen molar-refractivity contribution in [1.29, 1.82) is 0 Å². The summed E-state index contributed by atoms with van der Waals surface area (Å²) in [5, 5.41) is 3.96. The third-order valence-corrected chi connectivity index (χ3v) is 3.47. The first-order valence-electron chi connectivity index (χ1n) is 5.80. The van der Waals surface area contributed by atoms with E-state index >= 15 is 0 Å². The number of rotatable bonds is 2. The van der Waals surface area contributed by atoms with Gasteiger partial charge >= 0.3 is 0 Å². The highest BCUT2D eigenvalue weighted by atomic mass is 79.9. The Labute approximate surface area is 108 Å². The smallest absolute Gasteiger partial charge is 0.244 e. The number of nitrogens with two attached hydrogens (primary N) is 1. The van der Waals surface area contributed by atoms with Crippen LogP contribution in [0.5, 0.6) is 0 Å². The van der Waals surface area contributed by atoms with E-state index in [4.69, 9.17) is 5.73 Å². The maximum Gasteiger partial charge on any atom is 0.244 e. The van der Waals surface area contributed by atoms with Gasteiger partial charge in [0.2, 0.25) is 11.9 Å². The molecule has 2 rings (SSSR count). The largest absolute Gasteiger partial charge is 0.366 e. The van der Waals surface area contributed by atoms with Crippen molar-refractivity contribution in [1.82, 2.24) is 19.7 Å². The number of amides is 1. The van der Waals surface area contributed by atoms with Crippen LogP contribution in [0.25, 0.3) is 0 Å². The molecule has 0 spiro atoms. The minimum atomic E-state index is 0.0810. The summed E-state index contributed by atoms with van der Waals surface area (Å²) in [7, 11) is 0. The van der Waals surface area contributed by atoms with Crippen LogP contribution >= 0.6 is 15.9 Å². The zero-order chi connectivity index (χ0) is 12.3. The van der Waals surface area contributed by atoms with E-state index in [1.807, 2.05) is 4.90 Å². The van der Waals surface area contributed by atoms with Gasteiger partial charge in [-0.15, -0.1) is 5.10 Å². The first-order chi connectivity index (χ1) is 8.16. The Morgan fingerprint density at radius 2 is 1.94 bits per heavy atom. The van der Waals surface area contributed by atoms with E-state index < -0.39 is 0 Å². The summed E-state index contributed by atoms with van der Waals surface area (Å²) in [5.74, 6) is 0.262. The molecule has 0 saturated carbocycles. The summed E-state index contributed by atoms with van der Waals surface area (Å²) in [6.45, 7) is 1.89. The Balaban J connectivity index is 1.98. The van der Waals surface area contributed by atoms with Gasteiger partial charge < -0.3 is 10.6 Å². The van der Waals surface area contributed by atoms with E-state index in [-0.39, 0.29) is 18.4 Å². The molecule has 1 aromatic heterocycles. The van der Waals surface area contributed by atoms with Crippen LogP contribution in [0.15, 0.2) is 4.73 Å². The molecule has 0 aromatic carbocycles. The number of carbonyl (C=O) groups is 1. The molecule has 17 heavy (non-hydrogen) atoms. The first kappa shape index (κ1) is 12.3. The van der Waals surface area contributed by atoms with Gasteiger partial charge in [0.05, 0.1) is 0 Å². The molecule has 6 nitrogen and oxygen atoms in total. The number of anilines is 1. The lowest BCUT2D eigenvalue weighted by molar-refractivity contribution is -0.132. The first-order valence-corrected chi connectivity index (χ1v) is 6.60. The molecule has 0 radical (unpaired) electrons. The minimum Gasteiger partial charge on any atom is -0.366 e. The second-order valence-electron chi connectivity index (χ2n) is 4.19. The average Bonchev–Trinajstić information content (AvgIpc) is 2.54. The van der Waals surface area contributed by atoms with Gasteiger partial charge in [0.1, 0.15) is 6.54 Å². The van der Waals surface area contributed by atoms with Crippen molar-refractivity contribution in [2.24, 2.45) is 0 Å². The Morgan fingerprint density at radius 3 is 2.47 bits per heavy atom. The van der Waals surface area contributed by atoms with Gasteiger partial charge in [-0.2, -0.15) is 4.98 Å². The molecule has 1 aromatic rings. The molecule has 0 atom stereocenters. The lowest BCUT2D eigenvalue weighted by atomic mass is 10.2. The number of halogens is 1. The van der Waals surface area contributed by atoms with Crippen molar-refractivity contribution in [2.45, 2.75) is 32.2 Å². The summed E-state index contributed by atoms with van der Waals surface area (Å²) < 4.78 is 1.99. The van der Waals surface area contributed by atoms with E-state index in [1.165, 1.54) is 17.5 Å². The highest BCUT2D eigenvalue weighted by molar-refractivity contribution is 9.10. The maximum absolute atomic E-state index is 12.1. The van der Waals surface area contributed by atoms with Crippen LogP contribution in [-0.2, 0) is 11.3 Å². The molecule has 2 heterocycles. The quantitative estimate of drug-likeness (QED) is 0.885. The Hall–Kier alpha value is -1.11.